The van der Waals surface area contributed by atoms with Gasteiger partial charge in [0.1, 0.15) is 24.5 Å². The largest absolute Gasteiger partial charge is 0.497 e. The molecule has 0 saturated carbocycles. The zero-order valence-electron chi connectivity index (χ0n) is 13.7. The first-order valence-corrected chi connectivity index (χ1v) is 8.49. The van der Waals surface area contributed by atoms with Crippen molar-refractivity contribution >= 4 is 34.7 Å². The van der Waals surface area contributed by atoms with Gasteiger partial charge in [-0.1, -0.05) is 53.5 Å². The van der Waals surface area contributed by atoms with Gasteiger partial charge in [-0.25, -0.2) is 4.79 Å². The summed E-state index contributed by atoms with van der Waals surface area (Å²) in [6.45, 7) is 2.60. The Bertz CT molecular complexity index is 729. The van der Waals surface area contributed by atoms with Crippen LogP contribution in [0.1, 0.15) is 12.5 Å². The summed E-state index contributed by atoms with van der Waals surface area (Å²) in [6.07, 6.45) is 1.39. The molecule has 4 nitrogen and oxygen atoms in total. The number of hydrogen-bond donors (Lipinski definition) is 0. The number of benzene rings is 2. The second-order valence-electron chi connectivity index (χ2n) is 4.91. The van der Waals surface area contributed by atoms with E-state index in [1.165, 1.54) is 6.26 Å². The van der Waals surface area contributed by atoms with Crippen LogP contribution in [-0.4, -0.2) is 25.8 Å². The molecule has 0 heterocycles. The molecule has 0 N–H and O–H groups in total. The van der Waals surface area contributed by atoms with Crippen LogP contribution in [0.2, 0.25) is 10.0 Å². The van der Waals surface area contributed by atoms with Crippen LogP contribution in [0.4, 0.5) is 0 Å². The van der Waals surface area contributed by atoms with Crippen molar-refractivity contribution in [3.8, 4) is 5.75 Å². The maximum Gasteiger partial charge on any atom is 0.341 e. The molecule has 2 aromatic carbocycles. The van der Waals surface area contributed by atoms with Gasteiger partial charge in [-0.3, -0.25) is 0 Å². The molecule has 0 aliphatic rings. The molecule has 6 heteroatoms. The lowest BCUT2D eigenvalue weighted by molar-refractivity contribution is -0.136. The van der Waals surface area contributed by atoms with Crippen LogP contribution >= 0.6 is 23.2 Å². The van der Waals surface area contributed by atoms with Gasteiger partial charge in [-0.2, -0.15) is 0 Å². The first-order chi connectivity index (χ1) is 12.1. The standard InChI is InChI=1S/C19H18Cl2O4/c1-2-24-19(22)16(14-6-4-3-5-7-14)13-23-10-11-25-15-8-9-17(20)18(21)12-15/h3-9,12-13H,2,10-11H2,1H3/b16-13-. The molecule has 0 radical (unpaired) electrons. The fourth-order valence-electron chi connectivity index (χ4n) is 1.98. The molecule has 132 valence electrons. The zero-order valence-corrected chi connectivity index (χ0v) is 15.2. The van der Waals surface area contributed by atoms with Crippen molar-refractivity contribution in [1.29, 1.82) is 0 Å². The molecule has 0 aliphatic heterocycles. The summed E-state index contributed by atoms with van der Waals surface area (Å²) in [6, 6.07) is 14.2. The van der Waals surface area contributed by atoms with Crippen molar-refractivity contribution in [3.63, 3.8) is 0 Å². The van der Waals surface area contributed by atoms with E-state index in [4.69, 9.17) is 37.4 Å². The van der Waals surface area contributed by atoms with Gasteiger partial charge in [0.05, 0.1) is 22.9 Å². The van der Waals surface area contributed by atoms with Crippen molar-refractivity contribution in [2.75, 3.05) is 19.8 Å². The maximum absolute atomic E-state index is 12.1. The first-order valence-electron chi connectivity index (χ1n) is 7.74. The molecule has 0 amide bonds. The summed E-state index contributed by atoms with van der Waals surface area (Å²) in [4.78, 5) is 12.1. The Morgan fingerprint density at radius 1 is 1.04 bits per heavy atom. The monoisotopic (exact) mass is 380 g/mol. The summed E-state index contributed by atoms with van der Waals surface area (Å²) < 4.78 is 16.0. The van der Waals surface area contributed by atoms with E-state index in [1.807, 2.05) is 30.3 Å². The highest BCUT2D eigenvalue weighted by atomic mass is 35.5. The van der Waals surface area contributed by atoms with Crippen molar-refractivity contribution < 1.29 is 19.0 Å². The van der Waals surface area contributed by atoms with Gasteiger partial charge in [0.25, 0.3) is 0 Å². The Kier molecular flexibility index (Phi) is 7.64. The van der Waals surface area contributed by atoms with E-state index in [1.54, 1.807) is 25.1 Å². The van der Waals surface area contributed by atoms with Gasteiger partial charge in [-0.05, 0) is 24.6 Å². The van der Waals surface area contributed by atoms with E-state index in [9.17, 15) is 4.79 Å². The molecule has 0 bridgehead atoms. The third kappa shape index (κ3) is 6.00. The molecule has 0 aliphatic carbocycles. The number of carbonyl (C=O) groups excluding carboxylic acids is 1. The summed E-state index contributed by atoms with van der Waals surface area (Å²) in [5.74, 6) is 0.162. The minimum absolute atomic E-state index is 0.260. The van der Waals surface area contributed by atoms with Gasteiger partial charge in [0.15, 0.2) is 0 Å². The van der Waals surface area contributed by atoms with Gasteiger partial charge in [0.2, 0.25) is 0 Å². The second-order valence-corrected chi connectivity index (χ2v) is 5.73. The molecule has 0 spiro atoms. The quantitative estimate of drug-likeness (QED) is 0.280. The average molecular weight is 381 g/mol. The van der Waals surface area contributed by atoms with Crippen LogP contribution in [0.15, 0.2) is 54.8 Å². The van der Waals surface area contributed by atoms with Crippen molar-refractivity contribution in [2.45, 2.75) is 6.92 Å². The Hall–Kier alpha value is -2.17. The molecule has 0 aromatic heterocycles. The lowest BCUT2D eigenvalue weighted by Crippen LogP contribution is -2.09. The van der Waals surface area contributed by atoms with E-state index in [0.29, 0.717) is 34.6 Å². The highest BCUT2D eigenvalue weighted by Gasteiger charge is 2.13. The Labute approximate surface area is 156 Å². The van der Waals surface area contributed by atoms with Crippen molar-refractivity contribution in [2.24, 2.45) is 0 Å². The van der Waals surface area contributed by atoms with Crippen LogP contribution in [0.5, 0.6) is 5.75 Å². The molecule has 2 rings (SSSR count). The topological polar surface area (TPSA) is 44.8 Å². The van der Waals surface area contributed by atoms with Crippen molar-refractivity contribution in [3.05, 3.63) is 70.4 Å². The number of halogens is 2. The Balaban J connectivity index is 1.92. The van der Waals surface area contributed by atoms with Crippen LogP contribution in [-0.2, 0) is 14.3 Å². The summed E-state index contributed by atoms with van der Waals surface area (Å²) in [5.41, 5.74) is 1.09. The van der Waals surface area contributed by atoms with Crippen LogP contribution in [0, 0.1) is 0 Å². The number of rotatable bonds is 8. The smallest absolute Gasteiger partial charge is 0.341 e. The summed E-state index contributed by atoms with van der Waals surface area (Å²) in [7, 11) is 0. The predicted octanol–water partition coefficient (Wildman–Crippen LogP) is 4.99. The molecule has 2 aromatic rings. The van der Waals surface area contributed by atoms with Gasteiger partial charge < -0.3 is 14.2 Å². The number of esters is 1. The van der Waals surface area contributed by atoms with E-state index in [-0.39, 0.29) is 6.61 Å². The average Bonchev–Trinajstić information content (AvgIpc) is 2.62. The van der Waals surface area contributed by atoms with Crippen LogP contribution in [0.25, 0.3) is 5.57 Å². The third-order valence-corrected chi connectivity index (χ3v) is 3.88. The van der Waals surface area contributed by atoms with E-state index < -0.39 is 5.97 Å². The second kappa shape index (κ2) is 9.97. The van der Waals surface area contributed by atoms with Crippen LogP contribution < -0.4 is 4.74 Å². The summed E-state index contributed by atoms with van der Waals surface area (Å²) >= 11 is 11.8. The number of hydrogen-bond acceptors (Lipinski definition) is 4. The fraction of sp³-hybridized carbons (Fsp3) is 0.211. The third-order valence-electron chi connectivity index (χ3n) is 3.14. The minimum Gasteiger partial charge on any atom is -0.497 e. The van der Waals surface area contributed by atoms with Gasteiger partial charge in [-0.15, -0.1) is 0 Å². The first kappa shape index (κ1) is 19.2. The predicted molar refractivity (Wildman–Crippen MR) is 99.0 cm³/mol. The molecular formula is C19H18Cl2O4. The molecule has 0 unspecified atom stereocenters. The van der Waals surface area contributed by atoms with Crippen molar-refractivity contribution in [1.82, 2.24) is 0 Å². The molecule has 0 atom stereocenters. The molecular weight excluding hydrogens is 363 g/mol. The van der Waals surface area contributed by atoms with E-state index in [0.717, 1.165) is 5.56 Å². The van der Waals surface area contributed by atoms with E-state index in [2.05, 4.69) is 0 Å². The lowest BCUT2D eigenvalue weighted by Gasteiger charge is -2.09. The van der Waals surface area contributed by atoms with Gasteiger partial charge >= 0.3 is 5.97 Å². The molecule has 0 fully saturated rings. The highest BCUT2D eigenvalue weighted by molar-refractivity contribution is 6.42. The number of carbonyl (C=O) groups is 1. The lowest BCUT2D eigenvalue weighted by atomic mass is 10.1. The minimum atomic E-state index is -0.431. The summed E-state index contributed by atoms with van der Waals surface area (Å²) in [5, 5.41) is 0.892. The SMILES string of the molecule is CCOC(=O)/C(=C\OCCOc1ccc(Cl)c(Cl)c1)c1ccccc1. The highest BCUT2D eigenvalue weighted by Crippen LogP contribution is 2.26. The maximum atomic E-state index is 12.1. The number of ether oxygens (including phenoxy) is 3. The Morgan fingerprint density at radius 3 is 2.48 bits per heavy atom. The zero-order chi connectivity index (χ0) is 18.1. The molecule has 0 saturated heterocycles. The Morgan fingerprint density at radius 2 is 1.80 bits per heavy atom. The van der Waals surface area contributed by atoms with E-state index >= 15 is 0 Å². The fourth-order valence-corrected chi connectivity index (χ4v) is 2.27. The normalized spacial score (nSPS) is 11.1. The van der Waals surface area contributed by atoms with Gasteiger partial charge in [0, 0.05) is 6.07 Å². The molecule has 25 heavy (non-hydrogen) atoms. The van der Waals surface area contributed by atoms with Crippen LogP contribution in [0.3, 0.4) is 0 Å².